The number of hydrogen-bond donors (Lipinski definition) is 1. The average molecular weight is 342 g/mol. The molecule has 26 heavy (non-hydrogen) atoms. The molecule has 1 N–H and O–H groups in total. The molecule has 2 heteroatoms. The molecule has 0 bridgehead atoms. The summed E-state index contributed by atoms with van der Waals surface area (Å²) in [6.45, 7) is 4.25. The quantitative estimate of drug-likeness (QED) is 0.511. The Balaban J connectivity index is 2.15. The van der Waals surface area contributed by atoms with Crippen LogP contribution in [0.5, 0.6) is 5.75 Å². The van der Waals surface area contributed by atoms with Crippen LogP contribution in [0, 0.1) is 13.8 Å². The van der Waals surface area contributed by atoms with E-state index in [0.717, 1.165) is 33.2 Å². The third-order valence-electron chi connectivity index (χ3n) is 5.29. The monoisotopic (exact) mass is 342 g/mol. The fraction of sp³-hybridized carbons (Fsp3) is 0.167. The van der Waals surface area contributed by atoms with Gasteiger partial charge >= 0.3 is 0 Å². The first kappa shape index (κ1) is 16.6. The van der Waals surface area contributed by atoms with E-state index < -0.39 is 0 Å². The number of aliphatic hydroxyl groups excluding tert-OH is 1. The van der Waals surface area contributed by atoms with Gasteiger partial charge in [-0.3, -0.25) is 0 Å². The highest BCUT2D eigenvalue weighted by molar-refractivity contribution is 6.00. The molecule has 0 spiro atoms. The lowest BCUT2D eigenvalue weighted by Crippen LogP contribution is -1.99. The predicted octanol–water partition coefficient (Wildman–Crippen LogP) is 5.78. The van der Waals surface area contributed by atoms with Crippen LogP contribution in [0.2, 0.25) is 0 Å². The molecule has 0 atom stereocenters. The number of hydrogen-bond acceptors (Lipinski definition) is 2. The lowest BCUT2D eigenvalue weighted by atomic mass is 9.87. The van der Waals surface area contributed by atoms with Crippen molar-refractivity contribution in [3.8, 4) is 16.9 Å². The van der Waals surface area contributed by atoms with Gasteiger partial charge in [0.25, 0.3) is 0 Å². The topological polar surface area (TPSA) is 29.5 Å². The Labute approximate surface area is 153 Å². The molecule has 0 saturated heterocycles. The first-order valence-electron chi connectivity index (χ1n) is 8.84. The van der Waals surface area contributed by atoms with Crippen molar-refractivity contribution in [3.63, 3.8) is 0 Å². The molecular weight excluding hydrogens is 320 g/mol. The fourth-order valence-corrected chi connectivity index (χ4v) is 3.98. The minimum atomic E-state index is -0.0294. The van der Waals surface area contributed by atoms with Crippen LogP contribution < -0.4 is 4.74 Å². The second kappa shape index (κ2) is 6.47. The fourth-order valence-electron chi connectivity index (χ4n) is 3.98. The number of ether oxygens (including phenoxy) is 1. The molecule has 4 rings (SSSR count). The molecular formula is C24H22O2. The zero-order valence-electron chi connectivity index (χ0n) is 15.3. The second-order valence-electron chi connectivity index (χ2n) is 6.72. The van der Waals surface area contributed by atoms with Gasteiger partial charge in [-0.15, -0.1) is 0 Å². The van der Waals surface area contributed by atoms with E-state index in [4.69, 9.17) is 4.74 Å². The Bertz CT molecular complexity index is 1130. The summed E-state index contributed by atoms with van der Waals surface area (Å²) in [6, 6.07) is 20.9. The molecule has 2 nitrogen and oxygen atoms in total. The van der Waals surface area contributed by atoms with Crippen molar-refractivity contribution in [2.45, 2.75) is 20.5 Å². The van der Waals surface area contributed by atoms with E-state index in [1.807, 2.05) is 12.1 Å². The summed E-state index contributed by atoms with van der Waals surface area (Å²) in [4.78, 5) is 0. The lowest BCUT2D eigenvalue weighted by molar-refractivity contribution is 0.283. The highest BCUT2D eigenvalue weighted by atomic mass is 16.5. The van der Waals surface area contributed by atoms with Crippen LogP contribution in [0.3, 0.4) is 0 Å². The van der Waals surface area contributed by atoms with Crippen molar-refractivity contribution in [2.75, 3.05) is 7.11 Å². The molecule has 130 valence electrons. The van der Waals surface area contributed by atoms with Crippen LogP contribution in [0.25, 0.3) is 32.7 Å². The zero-order valence-corrected chi connectivity index (χ0v) is 15.3. The lowest BCUT2D eigenvalue weighted by Gasteiger charge is -2.20. The molecule has 4 aromatic carbocycles. The van der Waals surface area contributed by atoms with E-state index in [2.05, 4.69) is 62.4 Å². The van der Waals surface area contributed by atoms with E-state index in [9.17, 15) is 5.11 Å². The molecule has 4 aromatic rings. The summed E-state index contributed by atoms with van der Waals surface area (Å²) in [5.41, 5.74) is 5.44. The standard InChI is InChI=1S/C24H22O2/c1-15-12-21(16(2)19-10-7-6-9-18(15)19)24-22(14-25)20-11-5-4-8-17(20)13-23(24)26-3/h4-13,25H,14H2,1-3H3. The van der Waals surface area contributed by atoms with Gasteiger partial charge in [-0.25, -0.2) is 0 Å². The van der Waals surface area contributed by atoms with E-state index >= 15 is 0 Å². The highest BCUT2D eigenvalue weighted by Crippen LogP contribution is 2.42. The van der Waals surface area contributed by atoms with Crippen molar-refractivity contribution in [2.24, 2.45) is 0 Å². The van der Waals surface area contributed by atoms with Gasteiger partial charge in [0.1, 0.15) is 5.75 Å². The van der Waals surface area contributed by atoms with Gasteiger partial charge in [-0.1, -0.05) is 54.6 Å². The Morgan fingerprint density at radius 3 is 2.19 bits per heavy atom. The van der Waals surface area contributed by atoms with Gasteiger partial charge < -0.3 is 9.84 Å². The van der Waals surface area contributed by atoms with Crippen molar-refractivity contribution in [1.29, 1.82) is 0 Å². The Morgan fingerprint density at radius 2 is 1.50 bits per heavy atom. The van der Waals surface area contributed by atoms with Crippen LogP contribution in [-0.2, 0) is 6.61 Å². The third kappa shape index (κ3) is 2.46. The number of rotatable bonds is 3. The molecule has 0 fully saturated rings. The van der Waals surface area contributed by atoms with Crippen LogP contribution in [0.1, 0.15) is 16.7 Å². The summed E-state index contributed by atoms with van der Waals surface area (Å²) in [6.07, 6.45) is 0. The predicted molar refractivity (Wildman–Crippen MR) is 109 cm³/mol. The van der Waals surface area contributed by atoms with Gasteiger partial charge in [0.2, 0.25) is 0 Å². The minimum absolute atomic E-state index is 0.0294. The second-order valence-corrected chi connectivity index (χ2v) is 6.72. The normalized spacial score (nSPS) is 11.2. The number of benzene rings is 4. The largest absolute Gasteiger partial charge is 0.496 e. The Kier molecular flexibility index (Phi) is 4.14. The van der Waals surface area contributed by atoms with Crippen LogP contribution in [0.15, 0.2) is 60.7 Å². The van der Waals surface area contributed by atoms with Gasteiger partial charge in [-0.2, -0.15) is 0 Å². The van der Waals surface area contributed by atoms with Gasteiger partial charge in [0.05, 0.1) is 13.7 Å². The molecule has 0 heterocycles. The van der Waals surface area contributed by atoms with Crippen LogP contribution >= 0.6 is 0 Å². The number of fused-ring (bicyclic) bond motifs is 2. The molecule has 0 aliphatic carbocycles. The third-order valence-corrected chi connectivity index (χ3v) is 5.29. The van der Waals surface area contributed by atoms with Crippen LogP contribution in [-0.4, -0.2) is 12.2 Å². The van der Waals surface area contributed by atoms with E-state index in [0.29, 0.717) is 0 Å². The van der Waals surface area contributed by atoms with E-state index in [1.54, 1.807) is 7.11 Å². The average Bonchev–Trinajstić information content (AvgIpc) is 2.69. The van der Waals surface area contributed by atoms with Crippen molar-refractivity contribution in [1.82, 2.24) is 0 Å². The van der Waals surface area contributed by atoms with Crippen molar-refractivity contribution in [3.05, 3.63) is 77.4 Å². The van der Waals surface area contributed by atoms with E-state index in [1.165, 1.54) is 21.9 Å². The maximum absolute atomic E-state index is 10.2. The number of methoxy groups -OCH3 is 1. The number of aryl methyl sites for hydroxylation is 2. The molecule has 0 unspecified atom stereocenters. The molecule has 0 aliphatic rings. The molecule has 0 amide bonds. The zero-order chi connectivity index (χ0) is 18.3. The van der Waals surface area contributed by atoms with Crippen molar-refractivity contribution < 1.29 is 9.84 Å². The molecule has 0 aromatic heterocycles. The first-order chi connectivity index (χ1) is 12.7. The highest BCUT2D eigenvalue weighted by Gasteiger charge is 2.18. The summed E-state index contributed by atoms with van der Waals surface area (Å²) < 4.78 is 5.75. The van der Waals surface area contributed by atoms with E-state index in [-0.39, 0.29) is 6.61 Å². The smallest absolute Gasteiger partial charge is 0.127 e. The SMILES string of the molecule is COc1cc2ccccc2c(CO)c1-c1cc(C)c2ccccc2c1C. The van der Waals surface area contributed by atoms with Gasteiger partial charge in [0.15, 0.2) is 0 Å². The Hall–Kier alpha value is -2.84. The Morgan fingerprint density at radius 1 is 0.846 bits per heavy atom. The first-order valence-corrected chi connectivity index (χ1v) is 8.84. The number of aliphatic hydroxyl groups is 1. The maximum atomic E-state index is 10.2. The van der Waals surface area contributed by atoms with Crippen molar-refractivity contribution >= 4 is 21.5 Å². The minimum Gasteiger partial charge on any atom is -0.496 e. The summed E-state index contributed by atoms with van der Waals surface area (Å²) >= 11 is 0. The summed E-state index contributed by atoms with van der Waals surface area (Å²) in [7, 11) is 1.69. The van der Waals surface area contributed by atoms with Gasteiger partial charge in [0, 0.05) is 5.56 Å². The summed E-state index contributed by atoms with van der Waals surface area (Å²) in [5.74, 6) is 0.797. The van der Waals surface area contributed by atoms with Crippen LogP contribution in [0.4, 0.5) is 0 Å². The molecule has 0 saturated carbocycles. The molecule has 0 aliphatic heterocycles. The van der Waals surface area contributed by atoms with Gasteiger partial charge in [-0.05, 0) is 63.7 Å². The molecule has 0 radical (unpaired) electrons. The maximum Gasteiger partial charge on any atom is 0.127 e. The summed E-state index contributed by atoms with van der Waals surface area (Å²) in [5, 5.41) is 14.9.